The summed E-state index contributed by atoms with van der Waals surface area (Å²) in [6.45, 7) is 10.7. The number of carbonyl (C=O) groups is 1. The summed E-state index contributed by atoms with van der Waals surface area (Å²) in [6, 6.07) is -0.0382. The summed E-state index contributed by atoms with van der Waals surface area (Å²) in [6.07, 6.45) is 0.921. The van der Waals surface area contributed by atoms with Crippen molar-refractivity contribution in [2.45, 2.75) is 41.0 Å². The average Bonchev–Trinajstić information content (AvgIpc) is 2.43. The molecule has 96 valence electrons. The van der Waals surface area contributed by atoms with Gasteiger partial charge in [-0.25, -0.2) is 4.79 Å². The van der Waals surface area contributed by atoms with E-state index in [2.05, 4.69) is 36.4 Å². The van der Waals surface area contributed by atoms with Crippen LogP contribution in [0.25, 0.3) is 0 Å². The molecule has 0 atom stereocenters. The Bertz CT molecular complexity index is 371. The fourth-order valence-electron chi connectivity index (χ4n) is 1.22. The molecule has 0 bridgehead atoms. The summed E-state index contributed by atoms with van der Waals surface area (Å²) in [4.78, 5) is 15.6. The van der Waals surface area contributed by atoms with E-state index in [1.165, 1.54) is 0 Å². The van der Waals surface area contributed by atoms with Gasteiger partial charge in [0.1, 0.15) is 5.76 Å². The third-order valence-electron chi connectivity index (χ3n) is 2.41. The van der Waals surface area contributed by atoms with E-state index in [0.717, 1.165) is 17.9 Å². The first-order chi connectivity index (χ1) is 7.78. The number of amides is 2. The number of hydrogen-bond donors (Lipinski definition) is 2. The van der Waals surface area contributed by atoms with E-state index >= 15 is 0 Å². The Hall–Kier alpha value is -1.52. The number of oxazole rings is 1. The van der Waals surface area contributed by atoms with Crippen molar-refractivity contribution in [1.82, 2.24) is 10.3 Å². The second-order valence-electron chi connectivity index (χ2n) is 5.35. The van der Waals surface area contributed by atoms with Crippen molar-refractivity contribution >= 4 is 12.0 Å². The first kappa shape index (κ1) is 13.5. The maximum Gasteiger partial charge on any atom is 0.322 e. The van der Waals surface area contributed by atoms with Crippen LogP contribution in [0.3, 0.4) is 0 Å². The van der Waals surface area contributed by atoms with Gasteiger partial charge in [-0.15, -0.1) is 0 Å². The lowest BCUT2D eigenvalue weighted by Gasteiger charge is -2.17. The van der Waals surface area contributed by atoms with Crippen molar-refractivity contribution in [2.75, 3.05) is 11.9 Å². The van der Waals surface area contributed by atoms with Crippen molar-refractivity contribution in [2.24, 2.45) is 5.41 Å². The number of anilines is 1. The smallest absolute Gasteiger partial charge is 0.322 e. The van der Waals surface area contributed by atoms with Gasteiger partial charge in [-0.2, -0.15) is 4.98 Å². The van der Waals surface area contributed by atoms with E-state index < -0.39 is 0 Å². The van der Waals surface area contributed by atoms with Gasteiger partial charge in [-0.05, 0) is 25.7 Å². The van der Waals surface area contributed by atoms with Gasteiger partial charge in [0.25, 0.3) is 0 Å². The topological polar surface area (TPSA) is 67.2 Å². The lowest BCUT2D eigenvalue weighted by Crippen LogP contribution is -2.31. The monoisotopic (exact) mass is 239 g/mol. The van der Waals surface area contributed by atoms with Crippen LogP contribution < -0.4 is 10.6 Å². The number of aromatic nitrogens is 1. The fourth-order valence-corrected chi connectivity index (χ4v) is 1.22. The Labute approximate surface area is 102 Å². The van der Waals surface area contributed by atoms with E-state index in [4.69, 9.17) is 4.42 Å². The van der Waals surface area contributed by atoms with Gasteiger partial charge in [-0.1, -0.05) is 20.8 Å². The van der Waals surface area contributed by atoms with Crippen LogP contribution in [-0.2, 0) is 0 Å². The summed E-state index contributed by atoms with van der Waals surface area (Å²) in [5.41, 5.74) is 0.999. The predicted molar refractivity (Wildman–Crippen MR) is 67.1 cm³/mol. The molecular formula is C12H21N3O2. The van der Waals surface area contributed by atoms with E-state index in [1.54, 1.807) is 0 Å². The van der Waals surface area contributed by atoms with Crippen LogP contribution in [0.5, 0.6) is 0 Å². The summed E-state index contributed by atoms with van der Waals surface area (Å²) >= 11 is 0. The maximum absolute atomic E-state index is 11.5. The van der Waals surface area contributed by atoms with Gasteiger partial charge in [0, 0.05) is 6.54 Å². The normalized spacial score (nSPS) is 11.4. The van der Waals surface area contributed by atoms with Crippen molar-refractivity contribution in [3.63, 3.8) is 0 Å². The molecule has 5 nitrogen and oxygen atoms in total. The molecule has 1 aromatic heterocycles. The molecule has 0 radical (unpaired) electrons. The van der Waals surface area contributed by atoms with E-state index in [1.807, 2.05) is 13.8 Å². The number of nitrogens with zero attached hydrogens (tertiary/aromatic N) is 1. The molecule has 0 aliphatic carbocycles. The third-order valence-corrected chi connectivity index (χ3v) is 2.41. The lowest BCUT2D eigenvalue weighted by atomic mass is 9.92. The Morgan fingerprint density at radius 2 is 2.00 bits per heavy atom. The minimum atomic E-state index is -0.282. The van der Waals surface area contributed by atoms with Gasteiger partial charge < -0.3 is 9.73 Å². The van der Waals surface area contributed by atoms with Crippen LogP contribution in [0.15, 0.2) is 4.42 Å². The number of hydrogen-bond acceptors (Lipinski definition) is 3. The van der Waals surface area contributed by atoms with Crippen LogP contribution in [0, 0.1) is 19.3 Å². The summed E-state index contributed by atoms with van der Waals surface area (Å²) in [5, 5.41) is 5.33. The Morgan fingerprint density at radius 1 is 1.35 bits per heavy atom. The summed E-state index contributed by atoms with van der Waals surface area (Å²) in [7, 11) is 0. The zero-order valence-electron chi connectivity index (χ0n) is 11.2. The van der Waals surface area contributed by atoms with Gasteiger partial charge in [0.05, 0.1) is 5.69 Å². The predicted octanol–water partition coefficient (Wildman–Crippen LogP) is 2.85. The van der Waals surface area contributed by atoms with Gasteiger partial charge in [-0.3, -0.25) is 5.32 Å². The molecule has 0 saturated carbocycles. The van der Waals surface area contributed by atoms with Crippen LogP contribution in [0.1, 0.15) is 38.6 Å². The number of nitrogens with one attached hydrogen (secondary N) is 2. The molecule has 17 heavy (non-hydrogen) atoms. The van der Waals surface area contributed by atoms with E-state index in [0.29, 0.717) is 6.54 Å². The van der Waals surface area contributed by atoms with Crippen LogP contribution >= 0.6 is 0 Å². The first-order valence-corrected chi connectivity index (χ1v) is 5.77. The Balaban J connectivity index is 2.35. The molecule has 2 amide bonds. The Kier molecular flexibility index (Phi) is 4.15. The second kappa shape index (κ2) is 5.21. The van der Waals surface area contributed by atoms with Crippen molar-refractivity contribution in [3.05, 3.63) is 11.5 Å². The molecule has 0 aliphatic heterocycles. The molecule has 5 heteroatoms. The SMILES string of the molecule is Cc1nc(NC(=O)NCCC(C)(C)C)oc1C. The summed E-state index contributed by atoms with van der Waals surface area (Å²) < 4.78 is 5.25. The highest BCUT2D eigenvalue weighted by Crippen LogP contribution is 2.17. The van der Waals surface area contributed by atoms with Gasteiger partial charge >= 0.3 is 12.0 Å². The molecule has 0 saturated heterocycles. The average molecular weight is 239 g/mol. The molecule has 0 spiro atoms. The number of urea groups is 1. The fraction of sp³-hybridized carbons (Fsp3) is 0.667. The van der Waals surface area contributed by atoms with E-state index in [-0.39, 0.29) is 17.5 Å². The molecule has 0 aliphatic rings. The largest absolute Gasteiger partial charge is 0.428 e. The Morgan fingerprint density at radius 3 is 2.47 bits per heavy atom. The van der Waals surface area contributed by atoms with Gasteiger partial charge in [0.15, 0.2) is 0 Å². The summed E-state index contributed by atoms with van der Waals surface area (Å²) in [5.74, 6) is 0.718. The minimum absolute atomic E-state index is 0.212. The van der Waals surface area contributed by atoms with Crippen molar-refractivity contribution in [1.29, 1.82) is 0 Å². The van der Waals surface area contributed by atoms with Crippen LogP contribution in [0.4, 0.5) is 10.8 Å². The van der Waals surface area contributed by atoms with Crippen LogP contribution in [-0.4, -0.2) is 17.6 Å². The third kappa shape index (κ3) is 4.89. The highest BCUT2D eigenvalue weighted by Gasteiger charge is 2.12. The molecule has 1 aromatic rings. The molecule has 0 fully saturated rings. The van der Waals surface area contributed by atoms with E-state index in [9.17, 15) is 4.79 Å². The van der Waals surface area contributed by atoms with Gasteiger partial charge in [0.2, 0.25) is 0 Å². The number of carbonyl (C=O) groups excluding carboxylic acids is 1. The van der Waals surface area contributed by atoms with Crippen molar-refractivity contribution in [3.8, 4) is 0 Å². The quantitative estimate of drug-likeness (QED) is 0.852. The molecule has 1 rings (SSSR count). The number of rotatable bonds is 3. The maximum atomic E-state index is 11.5. The number of aryl methyl sites for hydroxylation is 2. The lowest BCUT2D eigenvalue weighted by molar-refractivity contribution is 0.249. The first-order valence-electron chi connectivity index (χ1n) is 5.77. The van der Waals surface area contributed by atoms with Crippen molar-refractivity contribution < 1.29 is 9.21 Å². The molecule has 2 N–H and O–H groups in total. The molecule has 1 heterocycles. The molecular weight excluding hydrogens is 218 g/mol. The van der Waals surface area contributed by atoms with Crippen LogP contribution in [0.2, 0.25) is 0 Å². The molecule has 0 unspecified atom stereocenters. The zero-order valence-corrected chi connectivity index (χ0v) is 11.2. The highest BCUT2D eigenvalue weighted by molar-refractivity contribution is 5.86. The standard InChI is InChI=1S/C12H21N3O2/c1-8-9(2)17-11(14-8)15-10(16)13-7-6-12(3,4)5/h6-7H2,1-5H3,(H2,13,14,15,16). The second-order valence-corrected chi connectivity index (χ2v) is 5.35. The molecule has 0 aromatic carbocycles. The zero-order chi connectivity index (χ0) is 13.1. The minimum Gasteiger partial charge on any atom is -0.428 e. The highest BCUT2D eigenvalue weighted by atomic mass is 16.4.